The van der Waals surface area contributed by atoms with Gasteiger partial charge in [-0.05, 0) is 26.7 Å². The normalized spacial score (nSPS) is 47.6. The SMILES string of the molecule is C=C1C(=O)OC2C3C(=C(C)CC[C@@H]12)C(=O)C1O[C@]13C. The highest BCUT2D eigenvalue weighted by molar-refractivity contribution is 6.07. The third kappa shape index (κ3) is 1.18. The largest absolute Gasteiger partial charge is 0.458 e. The quantitative estimate of drug-likeness (QED) is 0.377. The second-order valence-corrected chi connectivity index (χ2v) is 6.26. The summed E-state index contributed by atoms with van der Waals surface area (Å²) < 4.78 is 11.1. The van der Waals surface area contributed by atoms with Gasteiger partial charge in [-0.3, -0.25) is 4.79 Å². The zero-order valence-corrected chi connectivity index (χ0v) is 11.1. The van der Waals surface area contributed by atoms with Gasteiger partial charge in [0, 0.05) is 17.1 Å². The number of hydrogen-bond acceptors (Lipinski definition) is 4. The molecule has 4 heteroatoms. The maximum absolute atomic E-state index is 12.4. The van der Waals surface area contributed by atoms with Crippen molar-refractivity contribution >= 4 is 11.8 Å². The summed E-state index contributed by atoms with van der Waals surface area (Å²) in [6, 6.07) is 0. The van der Waals surface area contributed by atoms with E-state index in [4.69, 9.17) is 9.47 Å². The number of epoxide rings is 1. The molecule has 0 radical (unpaired) electrons. The molecule has 2 saturated heterocycles. The van der Waals surface area contributed by atoms with Crippen LogP contribution in [0.2, 0.25) is 0 Å². The molecule has 2 aliphatic heterocycles. The summed E-state index contributed by atoms with van der Waals surface area (Å²) in [6.07, 6.45) is 1.06. The molecule has 2 heterocycles. The molecule has 0 aromatic rings. The molecule has 1 saturated carbocycles. The van der Waals surface area contributed by atoms with Gasteiger partial charge in [-0.1, -0.05) is 12.2 Å². The van der Waals surface area contributed by atoms with E-state index in [2.05, 4.69) is 6.58 Å². The Morgan fingerprint density at radius 3 is 2.84 bits per heavy atom. The Morgan fingerprint density at radius 1 is 1.37 bits per heavy atom. The summed E-state index contributed by atoms with van der Waals surface area (Å²) >= 11 is 0. The molecule has 0 N–H and O–H groups in total. The lowest BCUT2D eigenvalue weighted by atomic mass is 9.81. The minimum absolute atomic E-state index is 0.0255. The molecule has 3 unspecified atom stereocenters. The average molecular weight is 260 g/mol. The Labute approximate surface area is 111 Å². The van der Waals surface area contributed by atoms with Gasteiger partial charge in [0.15, 0.2) is 11.9 Å². The third-order valence-electron chi connectivity index (χ3n) is 5.24. The molecule has 100 valence electrons. The number of carbonyl (C=O) groups excluding carboxylic acids is 2. The maximum atomic E-state index is 12.4. The van der Waals surface area contributed by atoms with Crippen molar-refractivity contribution in [3.05, 3.63) is 23.3 Å². The van der Waals surface area contributed by atoms with E-state index < -0.39 is 5.60 Å². The molecule has 4 rings (SSSR count). The van der Waals surface area contributed by atoms with Crippen molar-refractivity contribution < 1.29 is 19.1 Å². The topological polar surface area (TPSA) is 55.9 Å². The zero-order valence-electron chi connectivity index (χ0n) is 11.1. The summed E-state index contributed by atoms with van der Waals surface area (Å²) in [7, 11) is 0. The van der Waals surface area contributed by atoms with Crippen LogP contribution in [-0.2, 0) is 19.1 Å². The second kappa shape index (κ2) is 3.18. The van der Waals surface area contributed by atoms with Gasteiger partial charge < -0.3 is 9.47 Å². The first-order chi connectivity index (χ1) is 8.95. The Hall–Kier alpha value is -1.42. The van der Waals surface area contributed by atoms with Crippen molar-refractivity contribution in [2.24, 2.45) is 11.8 Å². The lowest BCUT2D eigenvalue weighted by Crippen LogP contribution is -2.35. The number of fused-ring (bicyclic) bond motifs is 5. The van der Waals surface area contributed by atoms with Gasteiger partial charge in [0.05, 0.1) is 5.92 Å². The fourth-order valence-corrected chi connectivity index (χ4v) is 4.09. The van der Waals surface area contributed by atoms with Crippen molar-refractivity contribution in [2.45, 2.75) is 44.5 Å². The number of carbonyl (C=O) groups is 2. The van der Waals surface area contributed by atoms with Gasteiger partial charge in [0.1, 0.15) is 11.7 Å². The Kier molecular flexibility index (Phi) is 1.91. The van der Waals surface area contributed by atoms with Gasteiger partial charge in [0.2, 0.25) is 0 Å². The number of ketones is 1. The molecular weight excluding hydrogens is 244 g/mol. The summed E-state index contributed by atoms with van der Waals surface area (Å²) in [6.45, 7) is 7.83. The number of allylic oxidation sites excluding steroid dienone is 1. The Morgan fingerprint density at radius 2 is 2.11 bits per heavy atom. The van der Waals surface area contributed by atoms with Gasteiger partial charge >= 0.3 is 5.97 Å². The highest BCUT2D eigenvalue weighted by Crippen LogP contribution is 2.60. The molecule has 19 heavy (non-hydrogen) atoms. The van der Waals surface area contributed by atoms with Gasteiger partial charge in [-0.2, -0.15) is 0 Å². The molecule has 2 aliphatic carbocycles. The number of ether oxygens (including phenoxy) is 2. The maximum Gasteiger partial charge on any atom is 0.334 e. The van der Waals surface area contributed by atoms with Crippen LogP contribution in [0.4, 0.5) is 0 Å². The molecule has 0 aromatic carbocycles. The van der Waals surface area contributed by atoms with Crippen molar-refractivity contribution in [3.63, 3.8) is 0 Å². The van der Waals surface area contributed by atoms with Crippen LogP contribution in [-0.4, -0.2) is 29.6 Å². The van der Waals surface area contributed by atoms with Crippen LogP contribution in [0.3, 0.4) is 0 Å². The smallest absolute Gasteiger partial charge is 0.334 e. The summed E-state index contributed by atoms with van der Waals surface area (Å²) in [5.74, 6) is -0.300. The minimum Gasteiger partial charge on any atom is -0.458 e. The molecule has 0 aromatic heterocycles. The summed E-state index contributed by atoms with van der Waals surface area (Å²) in [4.78, 5) is 24.1. The molecular formula is C15H16O4. The van der Waals surface area contributed by atoms with E-state index >= 15 is 0 Å². The standard InChI is InChI=1S/C15H16O4/c1-6-4-5-8-7(2)14(17)18-12(8)10-9(6)11(16)13-15(10,3)19-13/h8,10,12-13H,2,4-5H2,1,3H3/t8-,10?,12?,13?,15-/m0/s1. The lowest BCUT2D eigenvalue weighted by Gasteiger charge is -2.26. The van der Waals surface area contributed by atoms with Crippen molar-refractivity contribution in [1.29, 1.82) is 0 Å². The predicted octanol–water partition coefficient (Wildman–Crippen LogP) is 1.55. The van der Waals surface area contributed by atoms with E-state index in [1.165, 1.54) is 0 Å². The minimum atomic E-state index is -0.466. The predicted molar refractivity (Wildman–Crippen MR) is 66.2 cm³/mol. The van der Waals surface area contributed by atoms with Gasteiger partial charge in [-0.25, -0.2) is 4.79 Å². The average Bonchev–Trinajstić information content (AvgIpc) is 2.94. The van der Waals surface area contributed by atoms with Crippen LogP contribution in [0.5, 0.6) is 0 Å². The van der Waals surface area contributed by atoms with Crippen LogP contribution in [0, 0.1) is 11.8 Å². The molecule has 0 amide bonds. The van der Waals surface area contributed by atoms with E-state index in [1.807, 2.05) is 13.8 Å². The van der Waals surface area contributed by atoms with Gasteiger partial charge in [-0.15, -0.1) is 0 Å². The lowest BCUT2D eigenvalue weighted by molar-refractivity contribution is -0.142. The van der Waals surface area contributed by atoms with Crippen molar-refractivity contribution in [3.8, 4) is 0 Å². The van der Waals surface area contributed by atoms with Crippen LogP contribution in [0.25, 0.3) is 0 Å². The first-order valence-corrected chi connectivity index (χ1v) is 6.76. The van der Waals surface area contributed by atoms with Crippen molar-refractivity contribution in [1.82, 2.24) is 0 Å². The van der Waals surface area contributed by atoms with E-state index in [9.17, 15) is 9.59 Å². The van der Waals surface area contributed by atoms with E-state index in [1.54, 1.807) is 0 Å². The fourth-order valence-electron chi connectivity index (χ4n) is 4.09. The highest BCUT2D eigenvalue weighted by Gasteiger charge is 2.73. The number of hydrogen-bond donors (Lipinski definition) is 0. The molecule has 4 nitrogen and oxygen atoms in total. The van der Waals surface area contributed by atoms with Crippen molar-refractivity contribution in [2.75, 3.05) is 0 Å². The highest BCUT2D eigenvalue weighted by atomic mass is 16.6. The second-order valence-electron chi connectivity index (χ2n) is 6.26. The van der Waals surface area contributed by atoms with Crippen LogP contribution < -0.4 is 0 Å². The fraction of sp³-hybridized carbons (Fsp3) is 0.600. The molecule has 0 spiro atoms. The Bertz CT molecular complexity index is 573. The number of rotatable bonds is 0. The van der Waals surface area contributed by atoms with E-state index in [0.717, 1.165) is 24.0 Å². The van der Waals surface area contributed by atoms with Crippen LogP contribution >= 0.6 is 0 Å². The van der Waals surface area contributed by atoms with E-state index in [-0.39, 0.29) is 35.8 Å². The number of esters is 1. The van der Waals surface area contributed by atoms with E-state index in [0.29, 0.717) is 5.57 Å². The molecule has 4 aliphatic rings. The third-order valence-corrected chi connectivity index (χ3v) is 5.24. The van der Waals surface area contributed by atoms with Gasteiger partial charge in [0.25, 0.3) is 0 Å². The van der Waals surface area contributed by atoms with Crippen LogP contribution in [0.1, 0.15) is 26.7 Å². The zero-order chi connectivity index (χ0) is 13.5. The first kappa shape index (κ1) is 11.4. The monoisotopic (exact) mass is 260 g/mol. The molecule has 5 atom stereocenters. The summed E-state index contributed by atoms with van der Waals surface area (Å²) in [5, 5.41) is 0. The van der Waals surface area contributed by atoms with Crippen LogP contribution in [0.15, 0.2) is 23.3 Å². The molecule has 0 bridgehead atoms. The number of Topliss-reactive ketones (excluding diaryl/α,β-unsaturated/α-hetero) is 1. The Balaban J connectivity index is 1.86. The first-order valence-electron chi connectivity index (χ1n) is 6.76. The molecule has 3 fully saturated rings. The summed E-state index contributed by atoms with van der Waals surface area (Å²) in [5.41, 5.74) is 2.07.